The van der Waals surface area contributed by atoms with Gasteiger partial charge in [-0.3, -0.25) is 4.79 Å². The number of benzene rings is 2. The molecule has 0 saturated heterocycles. The molecule has 9 nitrogen and oxygen atoms in total. The SMILES string of the molecule is CCOc1ncc(-c2ccc(NC(=O)C3CC3c3ccc(Cl)cc3)cc2-c2nnn[nH]2)cn1. The summed E-state index contributed by atoms with van der Waals surface area (Å²) in [4.78, 5) is 21.3. The average molecular weight is 462 g/mol. The van der Waals surface area contributed by atoms with E-state index in [1.54, 1.807) is 12.4 Å². The smallest absolute Gasteiger partial charge is 0.316 e. The molecule has 2 aromatic carbocycles. The van der Waals surface area contributed by atoms with E-state index in [4.69, 9.17) is 16.3 Å². The number of carbonyl (C=O) groups is 1. The fourth-order valence-corrected chi connectivity index (χ4v) is 3.93. The molecule has 0 radical (unpaired) electrons. The van der Waals surface area contributed by atoms with Crippen LogP contribution in [0.3, 0.4) is 0 Å². The molecular weight excluding hydrogens is 442 g/mol. The number of hydrogen-bond acceptors (Lipinski definition) is 7. The first-order valence-corrected chi connectivity index (χ1v) is 10.9. The van der Waals surface area contributed by atoms with Gasteiger partial charge in [-0.2, -0.15) is 0 Å². The molecule has 2 heterocycles. The molecule has 10 heteroatoms. The molecule has 2 atom stereocenters. The molecule has 0 bridgehead atoms. The van der Waals surface area contributed by atoms with Gasteiger partial charge in [-0.1, -0.05) is 29.8 Å². The van der Waals surface area contributed by atoms with Crippen LogP contribution in [0.25, 0.3) is 22.5 Å². The highest BCUT2D eigenvalue weighted by atomic mass is 35.5. The van der Waals surface area contributed by atoms with Gasteiger partial charge in [0.05, 0.1) is 6.61 Å². The van der Waals surface area contributed by atoms with Crippen LogP contribution in [0.4, 0.5) is 5.69 Å². The lowest BCUT2D eigenvalue weighted by atomic mass is 10.0. The van der Waals surface area contributed by atoms with Crippen molar-refractivity contribution in [1.29, 1.82) is 0 Å². The number of halogens is 1. The first-order valence-electron chi connectivity index (χ1n) is 10.5. The Labute approximate surface area is 194 Å². The Hall–Kier alpha value is -3.85. The number of amides is 1. The van der Waals surface area contributed by atoms with Crippen LogP contribution in [0.5, 0.6) is 6.01 Å². The molecule has 2 unspecified atom stereocenters. The number of carbonyl (C=O) groups excluding carboxylic acids is 1. The zero-order valence-electron chi connectivity index (χ0n) is 17.7. The van der Waals surface area contributed by atoms with Gasteiger partial charge in [0.15, 0.2) is 5.82 Å². The lowest BCUT2D eigenvalue weighted by Crippen LogP contribution is -2.14. The molecule has 0 spiro atoms. The standard InChI is InChI=1S/C23H20ClN7O2/c1-2-33-23-25-11-14(12-26-23)17-8-7-16(9-19(17)21-28-30-31-29-21)27-22(32)20-10-18(20)13-3-5-15(24)6-4-13/h3-9,11-12,18,20H,2,10H2,1H3,(H,27,32)(H,28,29,30,31). The zero-order valence-corrected chi connectivity index (χ0v) is 18.5. The van der Waals surface area contributed by atoms with Crippen LogP contribution >= 0.6 is 11.6 Å². The van der Waals surface area contributed by atoms with Gasteiger partial charge in [0, 0.05) is 40.1 Å². The fourth-order valence-electron chi connectivity index (χ4n) is 3.80. The van der Waals surface area contributed by atoms with E-state index >= 15 is 0 Å². The molecular formula is C23H20ClN7O2. The van der Waals surface area contributed by atoms with E-state index in [0.717, 1.165) is 28.7 Å². The van der Waals surface area contributed by atoms with E-state index in [-0.39, 0.29) is 17.7 Å². The minimum Gasteiger partial charge on any atom is -0.464 e. The Morgan fingerprint density at radius 3 is 2.64 bits per heavy atom. The van der Waals surface area contributed by atoms with Crippen LogP contribution in [-0.2, 0) is 4.79 Å². The fraction of sp³-hybridized carbons (Fsp3) is 0.217. The lowest BCUT2D eigenvalue weighted by Gasteiger charge is -2.11. The van der Waals surface area contributed by atoms with Crippen LogP contribution < -0.4 is 10.1 Å². The van der Waals surface area contributed by atoms with E-state index in [2.05, 4.69) is 35.9 Å². The first-order chi connectivity index (χ1) is 16.1. The maximum absolute atomic E-state index is 12.9. The number of H-pyrrole nitrogens is 1. The van der Waals surface area contributed by atoms with Gasteiger partial charge in [-0.15, -0.1) is 5.10 Å². The van der Waals surface area contributed by atoms with Crippen molar-refractivity contribution in [3.63, 3.8) is 0 Å². The Morgan fingerprint density at radius 1 is 1.15 bits per heavy atom. The maximum Gasteiger partial charge on any atom is 0.316 e. The summed E-state index contributed by atoms with van der Waals surface area (Å²) in [6, 6.07) is 13.5. The second-order valence-electron chi connectivity index (χ2n) is 7.69. The Balaban J connectivity index is 1.37. The van der Waals surface area contributed by atoms with Crippen LogP contribution in [0.15, 0.2) is 54.9 Å². The minimum atomic E-state index is -0.0687. The van der Waals surface area contributed by atoms with Crippen LogP contribution in [0, 0.1) is 5.92 Å². The summed E-state index contributed by atoms with van der Waals surface area (Å²) in [5, 5.41) is 17.9. The van der Waals surface area contributed by atoms with Crippen LogP contribution in [0.1, 0.15) is 24.8 Å². The van der Waals surface area contributed by atoms with E-state index in [1.165, 1.54) is 0 Å². The van der Waals surface area contributed by atoms with Crippen molar-refractivity contribution in [3.05, 3.63) is 65.4 Å². The van der Waals surface area contributed by atoms with Gasteiger partial charge in [0.25, 0.3) is 0 Å². The Morgan fingerprint density at radius 2 is 1.94 bits per heavy atom. The third-order valence-electron chi connectivity index (χ3n) is 5.53. The molecule has 5 rings (SSSR count). The number of hydrogen-bond donors (Lipinski definition) is 2. The summed E-state index contributed by atoms with van der Waals surface area (Å²) in [5.74, 6) is 0.593. The van der Waals surface area contributed by atoms with Crippen molar-refractivity contribution >= 4 is 23.2 Å². The number of anilines is 1. The van der Waals surface area contributed by atoms with E-state index in [9.17, 15) is 4.79 Å². The van der Waals surface area contributed by atoms with Gasteiger partial charge in [0.1, 0.15) is 0 Å². The number of nitrogens with zero attached hydrogens (tertiary/aromatic N) is 5. The molecule has 1 fully saturated rings. The predicted octanol–water partition coefficient (Wildman–Crippen LogP) is 4.12. The predicted molar refractivity (Wildman–Crippen MR) is 123 cm³/mol. The summed E-state index contributed by atoms with van der Waals surface area (Å²) >= 11 is 5.97. The summed E-state index contributed by atoms with van der Waals surface area (Å²) in [5.41, 5.74) is 4.09. The molecule has 1 saturated carbocycles. The van der Waals surface area contributed by atoms with Crippen molar-refractivity contribution in [2.24, 2.45) is 5.92 Å². The molecule has 2 aromatic heterocycles. The topological polar surface area (TPSA) is 119 Å². The number of nitrogens with one attached hydrogen (secondary N) is 2. The van der Waals surface area contributed by atoms with Gasteiger partial charge in [0.2, 0.25) is 5.91 Å². The normalized spacial score (nSPS) is 16.9. The molecule has 166 valence electrons. The monoisotopic (exact) mass is 461 g/mol. The van der Waals surface area contributed by atoms with Crippen LogP contribution in [0.2, 0.25) is 5.02 Å². The van der Waals surface area contributed by atoms with Crippen molar-refractivity contribution in [1.82, 2.24) is 30.6 Å². The van der Waals surface area contributed by atoms with Gasteiger partial charge >= 0.3 is 6.01 Å². The molecule has 1 aliphatic carbocycles. The highest BCUT2D eigenvalue weighted by molar-refractivity contribution is 6.30. The second kappa shape index (κ2) is 8.95. The van der Waals surface area contributed by atoms with Crippen molar-refractivity contribution in [2.75, 3.05) is 11.9 Å². The number of aromatic nitrogens is 6. The summed E-state index contributed by atoms with van der Waals surface area (Å²) in [6.07, 6.45) is 4.17. The highest BCUT2D eigenvalue weighted by Gasteiger charge is 2.43. The zero-order chi connectivity index (χ0) is 22.8. The summed E-state index contributed by atoms with van der Waals surface area (Å²) in [7, 11) is 0. The third-order valence-corrected chi connectivity index (χ3v) is 5.78. The van der Waals surface area contributed by atoms with Gasteiger partial charge in [-0.25, -0.2) is 15.1 Å². The number of tetrazole rings is 1. The van der Waals surface area contributed by atoms with E-state index < -0.39 is 0 Å². The summed E-state index contributed by atoms with van der Waals surface area (Å²) in [6.45, 7) is 2.36. The number of rotatable bonds is 7. The molecule has 0 aliphatic heterocycles. The lowest BCUT2D eigenvalue weighted by molar-refractivity contribution is -0.117. The first kappa shape index (κ1) is 21.0. The Kier molecular flexibility index (Phi) is 5.70. The Bertz CT molecular complexity index is 1260. The molecule has 2 N–H and O–H groups in total. The van der Waals surface area contributed by atoms with Gasteiger partial charge in [-0.05, 0) is 65.1 Å². The maximum atomic E-state index is 12.9. The molecule has 33 heavy (non-hydrogen) atoms. The molecule has 1 aliphatic rings. The number of ether oxygens (including phenoxy) is 1. The van der Waals surface area contributed by atoms with Crippen molar-refractivity contribution in [2.45, 2.75) is 19.3 Å². The van der Waals surface area contributed by atoms with Crippen LogP contribution in [-0.4, -0.2) is 43.1 Å². The minimum absolute atomic E-state index is 0.0197. The van der Waals surface area contributed by atoms with Crippen molar-refractivity contribution in [3.8, 4) is 28.5 Å². The highest BCUT2D eigenvalue weighted by Crippen LogP contribution is 2.48. The average Bonchev–Trinajstić information content (AvgIpc) is 3.45. The van der Waals surface area contributed by atoms with E-state index in [1.807, 2.05) is 49.4 Å². The third kappa shape index (κ3) is 4.54. The van der Waals surface area contributed by atoms with E-state index in [0.29, 0.717) is 29.2 Å². The second-order valence-corrected chi connectivity index (χ2v) is 8.12. The number of aromatic amines is 1. The van der Waals surface area contributed by atoms with Gasteiger partial charge < -0.3 is 10.1 Å². The van der Waals surface area contributed by atoms with Crippen molar-refractivity contribution < 1.29 is 9.53 Å². The molecule has 1 amide bonds. The largest absolute Gasteiger partial charge is 0.464 e. The quantitative estimate of drug-likeness (QED) is 0.425. The summed E-state index contributed by atoms with van der Waals surface area (Å²) < 4.78 is 5.32. The molecule has 4 aromatic rings.